The number of benzene rings is 6. The molecule has 1 aliphatic heterocycles. The first-order valence-electron chi connectivity index (χ1n) is 17.8. The SMILES string of the molecule is CC1(C)c2cccnc2N(c2[c-]c(Oc3[c-]c4c(cc3)c3ccccc3n3ccnc43)ccc2)c2c1ccc1c2c2ccccc2n1-c1ccccc1.[Pt+2]. The van der Waals surface area contributed by atoms with Gasteiger partial charge in [-0.05, 0) is 47.3 Å². The van der Waals surface area contributed by atoms with Crippen LogP contribution in [0, 0.1) is 12.1 Å². The molecule has 0 bridgehead atoms. The van der Waals surface area contributed by atoms with E-state index < -0.39 is 0 Å². The van der Waals surface area contributed by atoms with Gasteiger partial charge in [-0.15, -0.1) is 30.3 Å². The van der Waals surface area contributed by atoms with Gasteiger partial charge in [-0.25, -0.2) is 4.98 Å². The maximum Gasteiger partial charge on any atom is 2.00 e. The molecule has 5 heterocycles. The number of imidazole rings is 1. The van der Waals surface area contributed by atoms with E-state index in [9.17, 15) is 0 Å². The van der Waals surface area contributed by atoms with Gasteiger partial charge in [0.15, 0.2) is 0 Å². The van der Waals surface area contributed by atoms with Crippen LogP contribution in [0.1, 0.15) is 25.0 Å². The van der Waals surface area contributed by atoms with Crippen molar-refractivity contribution in [2.24, 2.45) is 0 Å². The van der Waals surface area contributed by atoms with Gasteiger partial charge < -0.3 is 18.6 Å². The zero-order valence-corrected chi connectivity index (χ0v) is 31.7. The first kappa shape index (κ1) is 32.4. The van der Waals surface area contributed by atoms with Gasteiger partial charge in [0.25, 0.3) is 0 Å². The van der Waals surface area contributed by atoms with Gasteiger partial charge in [-0.2, -0.15) is 6.07 Å². The molecule has 0 fully saturated rings. The quantitative estimate of drug-likeness (QED) is 0.131. The van der Waals surface area contributed by atoms with Gasteiger partial charge in [-0.3, -0.25) is 4.98 Å². The molecule has 0 unspecified atom stereocenters. The van der Waals surface area contributed by atoms with Crippen molar-refractivity contribution in [1.29, 1.82) is 0 Å². The van der Waals surface area contributed by atoms with E-state index in [0.29, 0.717) is 11.5 Å². The molecule has 7 heteroatoms. The standard InChI is InChI=1S/C47H31N5O.Pt/c1-47(2)38-23-24-42-43(36-17-7-9-20-41(36)51(42)30-12-4-3-5-13-30)44(38)52(46-39(47)18-11-25-48-46)31-14-10-15-32(28-31)53-33-21-22-34-35-16-6-8-19-40(35)50-27-26-49-45(50)37(34)29-33;/h3-27H,1-2H3;/q-2;+2. The fraction of sp³-hybridized carbons (Fsp3) is 0.0638. The zero-order chi connectivity index (χ0) is 35.3. The van der Waals surface area contributed by atoms with Crippen molar-refractivity contribution in [3.8, 4) is 17.2 Å². The van der Waals surface area contributed by atoms with Crippen molar-refractivity contribution in [3.05, 3.63) is 175 Å². The van der Waals surface area contributed by atoms with E-state index >= 15 is 0 Å². The summed E-state index contributed by atoms with van der Waals surface area (Å²) in [5.41, 5.74) is 9.35. The number of nitrogens with zero attached hydrogens (tertiary/aromatic N) is 5. The smallest absolute Gasteiger partial charge is 0.503 e. The third-order valence-electron chi connectivity index (χ3n) is 10.8. The molecule has 0 N–H and O–H groups in total. The Balaban J connectivity index is 0.00000361. The first-order valence-corrected chi connectivity index (χ1v) is 17.8. The van der Waals surface area contributed by atoms with E-state index in [1.807, 2.05) is 42.9 Å². The fourth-order valence-electron chi connectivity index (χ4n) is 8.46. The van der Waals surface area contributed by atoms with Crippen LogP contribution in [0.5, 0.6) is 11.5 Å². The number of fused-ring (bicyclic) bond motifs is 12. The summed E-state index contributed by atoms with van der Waals surface area (Å²) in [5, 5.41) is 5.48. The van der Waals surface area contributed by atoms with Crippen LogP contribution in [0.3, 0.4) is 0 Å². The van der Waals surface area contributed by atoms with Crippen LogP contribution in [-0.4, -0.2) is 18.9 Å². The van der Waals surface area contributed by atoms with Gasteiger partial charge in [0.1, 0.15) is 5.82 Å². The molecule has 0 atom stereocenters. The number of anilines is 3. The molecule has 4 aromatic heterocycles. The Bertz CT molecular complexity index is 3090. The molecule has 6 nitrogen and oxygen atoms in total. The second-order valence-corrected chi connectivity index (χ2v) is 14.1. The second-order valence-electron chi connectivity index (χ2n) is 14.1. The van der Waals surface area contributed by atoms with Crippen molar-refractivity contribution in [2.45, 2.75) is 19.3 Å². The van der Waals surface area contributed by atoms with Crippen LogP contribution in [0.4, 0.5) is 17.2 Å². The summed E-state index contributed by atoms with van der Waals surface area (Å²) in [4.78, 5) is 12.0. The summed E-state index contributed by atoms with van der Waals surface area (Å²) in [6, 6.07) is 53.8. The predicted octanol–water partition coefficient (Wildman–Crippen LogP) is 11.6. The Morgan fingerprint density at radius 3 is 2.24 bits per heavy atom. The molecular weight excluding hydrogens is 846 g/mol. The second kappa shape index (κ2) is 12.2. The van der Waals surface area contributed by atoms with Crippen LogP contribution in [-0.2, 0) is 26.5 Å². The summed E-state index contributed by atoms with van der Waals surface area (Å²) >= 11 is 0. The van der Waals surface area contributed by atoms with Crippen molar-refractivity contribution in [2.75, 3.05) is 4.90 Å². The average Bonchev–Trinajstić information content (AvgIpc) is 3.83. The number of rotatable bonds is 4. The van der Waals surface area contributed by atoms with Gasteiger partial charge in [0.2, 0.25) is 0 Å². The number of aromatic nitrogens is 4. The Kier molecular flexibility index (Phi) is 7.30. The van der Waals surface area contributed by atoms with E-state index in [0.717, 1.165) is 66.8 Å². The molecular formula is C47H31N5OPt. The third kappa shape index (κ3) is 4.63. The monoisotopic (exact) mass is 876 g/mol. The average molecular weight is 877 g/mol. The summed E-state index contributed by atoms with van der Waals surface area (Å²) < 4.78 is 11.1. The minimum atomic E-state index is -0.309. The maximum atomic E-state index is 6.59. The van der Waals surface area contributed by atoms with Gasteiger partial charge in [0.05, 0.1) is 22.4 Å². The zero-order valence-electron chi connectivity index (χ0n) is 29.4. The minimum Gasteiger partial charge on any atom is -0.503 e. The fourth-order valence-corrected chi connectivity index (χ4v) is 8.46. The van der Waals surface area contributed by atoms with Crippen LogP contribution < -0.4 is 9.64 Å². The predicted molar refractivity (Wildman–Crippen MR) is 213 cm³/mol. The molecule has 260 valence electrons. The van der Waals surface area contributed by atoms with Crippen molar-refractivity contribution in [1.82, 2.24) is 18.9 Å². The van der Waals surface area contributed by atoms with Crippen LogP contribution in [0.25, 0.3) is 54.8 Å². The van der Waals surface area contributed by atoms with Crippen LogP contribution in [0.15, 0.2) is 152 Å². The van der Waals surface area contributed by atoms with E-state index in [1.54, 1.807) is 0 Å². The number of para-hydroxylation sites is 3. The van der Waals surface area contributed by atoms with Crippen molar-refractivity contribution >= 4 is 66.3 Å². The largest absolute Gasteiger partial charge is 2.00 e. The van der Waals surface area contributed by atoms with Gasteiger partial charge in [-0.1, -0.05) is 103 Å². The van der Waals surface area contributed by atoms with Crippen molar-refractivity contribution < 1.29 is 25.8 Å². The van der Waals surface area contributed by atoms with E-state index in [-0.39, 0.29) is 26.5 Å². The normalized spacial score (nSPS) is 13.3. The molecule has 6 aromatic carbocycles. The summed E-state index contributed by atoms with van der Waals surface area (Å²) in [5.74, 6) is 2.06. The molecule has 0 saturated heterocycles. The number of pyridine rings is 2. The molecule has 0 radical (unpaired) electrons. The van der Waals surface area contributed by atoms with Gasteiger partial charge >= 0.3 is 21.1 Å². The number of hydrogen-bond acceptors (Lipinski definition) is 4. The van der Waals surface area contributed by atoms with Crippen LogP contribution >= 0.6 is 0 Å². The Labute approximate surface area is 326 Å². The molecule has 0 saturated carbocycles. The molecule has 0 spiro atoms. The summed E-state index contributed by atoms with van der Waals surface area (Å²) in [6.07, 6.45) is 5.70. The molecule has 0 aliphatic carbocycles. The van der Waals surface area contributed by atoms with Crippen LogP contribution in [0.2, 0.25) is 0 Å². The molecule has 54 heavy (non-hydrogen) atoms. The number of ether oxygens (including phenoxy) is 1. The number of hydrogen-bond donors (Lipinski definition) is 0. The Morgan fingerprint density at radius 1 is 0.593 bits per heavy atom. The van der Waals surface area contributed by atoms with Crippen molar-refractivity contribution in [3.63, 3.8) is 0 Å². The Morgan fingerprint density at radius 2 is 1.37 bits per heavy atom. The topological polar surface area (TPSA) is 47.6 Å². The van der Waals surface area contributed by atoms with Gasteiger partial charge in [0, 0.05) is 63.0 Å². The first-order chi connectivity index (χ1) is 26.1. The Hall–Kier alpha value is -6.23. The molecule has 1 aliphatic rings. The van der Waals surface area contributed by atoms with E-state index in [2.05, 4.69) is 149 Å². The minimum absolute atomic E-state index is 0. The maximum absolute atomic E-state index is 6.59. The van der Waals surface area contributed by atoms with E-state index in [1.165, 1.54) is 16.3 Å². The summed E-state index contributed by atoms with van der Waals surface area (Å²) in [7, 11) is 0. The summed E-state index contributed by atoms with van der Waals surface area (Å²) in [6.45, 7) is 4.59. The third-order valence-corrected chi connectivity index (χ3v) is 10.8. The van der Waals surface area contributed by atoms with E-state index in [4.69, 9.17) is 14.7 Å². The molecule has 11 rings (SSSR count). The molecule has 10 aromatic rings. The molecule has 0 amide bonds.